The van der Waals surface area contributed by atoms with Gasteiger partial charge < -0.3 is 0 Å². The third-order valence-electron chi connectivity index (χ3n) is 3.58. The highest BCUT2D eigenvalue weighted by atomic mass is 16.6. The van der Waals surface area contributed by atoms with Gasteiger partial charge in [-0.25, -0.2) is 0 Å². The lowest BCUT2D eigenvalue weighted by Gasteiger charge is -2.15. The highest BCUT2D eigenvalue weighted by Gasteiger charge is 2.19. The number of carbonyl (C=O) groups excluding carboxylic acids is 1. The molecule has 19 heavy (non-hydrogen) atoms. The number of para-hydroxylation sites is 1. The summed E-state index contributed by atoms with van der Waals surface area (Å²) >= 11 is 0. The van der Waals surface area contributed by atoms with E-state index in [1.54, 1.807) is 18.2 Å². The molecule has 0 spiro atoms. The molecular formula is C15H17NO3. The van der Waals surface area contributed by atoms with Crippen LogP contribution < -0.4 is 0 Å². The molecule has 1 aromatic carbocycles. The largest absolute Gasteiger partial charge is 0.298 e. The lowest BCUT2D eigenvalue weighted by molar-refractivity contribution is -0.385. The Morgan fingerprint density at radius 1 is 1.05 bits per heavy atom. The molecule has 0 saturated carbocycles. The number of nitrogens with zero attached hydrogens (tertiary/aromatic N) is 1. The summed E-state index contributed by atoms with van der Waals surface area (Å²) in [7, 11) is 0. The lowest BCUT2D eigenvalue weighted by atomic mass is 9.89. The molecule has 0 atom stereocenters. The van der Waals surface area contributed by atoms with Gasteiger partial charge in [0.1, 0.15) is 6.29 Å². The molecular weight excluding hydrogens is 242 g/mol. The Kier molecular flexibility index (Phi) is 4.44. The lowest BCUT2D eigenvalue weighted by Crippen LogP contribution is -2.01. The van der Waals surface area contributed by atoms with Crippen molar-refractivity contribution < 1.29 is 9.72 Å². The molecule has 4 heteroatoms. The second-order valence-electron chi connectivity index (χ2n) is 4.81. The van der Waals surface area contributed by atoms with Gasteiger partial charge in [0.15, 0.2) is 0 Å². The molecule has 2 rings (SSSR count). The molecule has 0 aliphatic heterocycles. The number of carbonyl (C=O) groups is 1. The minimum Gasteiger partial charge on any atom is -0.298 e. The monoisotopic (exact) mass is 259 g/mol. The van der Waals surface area contributed by atoms with E-state index in [2.05, 4.69) is 0 Å². The maximum absolute atomic E-state index is 11.3. The molecule has 100 valence electrons. The summed E-state index contributed by atoms with van der Waals surface area (Å²) in [6.07, 6.45) is 6.57. The summed E-state index contributed by atoms with van der Waals surface area (Å²) in [4.78, 5) is 22.0. The predicted molar refractivity (Wildman–Crippen MR) is 73.8 cm³/mol. The quantitative estimate of drug-likeness (QED) is 0.470. The van der Waals surface area contributed by atoms with Crippen LogP contribution in [0.3, 0.4) is 0 Å². The average Bonchev–Trinajstić information content (AvgIpc) is 2.39. The van der Waals surface area contributed by atoms with Gasteiger partial charge in [-0.1, -0.05) is 25.0 Å². The molecule has 1 aliphatic carbocycles. The maximum Gasteiger partial charge on any atom is 0.276 e. The standard InChI is InChI=1S/C15H17NO3/c17-11-12-7-3-1-2-4-8-13(12)14-9-5-6-10-15(14)16(18)19/h5-6,9-11H,1-4,7-8H2/b13-12-. The van der Waals surface area contributed by atoms with Crippen molar-refractivity contribution in [2.75, 3.05) is 0 Å². The van der Waals surface area contributed by atoms with Crippen molar-refractivity contribution in [2.24, 2.45) is 0 Å². The number of rotatable bonds is 3. The smallest absolute Gasteiger partial charge is 0.276 e. The Bertz CT molecular complexity index is 520. The Morgan fingerprint density at radius 2 is 1.74 bits per heavy atom. The first-order valence-corrected chi connectivity index (χ1v) is 6.65. The zero-order valence-corrected chi connectivity index (χ0v) is 10.8. The van der Waals surface area contributed by atoms with Crippen LogP contribution in [0, 0.1) is 10.1 Å². The molecule has 1 aliphatic rings. The van der Waals surface area contributed by atoms with Gasteiger partial charge >= 0.3 is 0 Å². The minimum atomic E-state index is -0.372. The molecule has 0 N–H and O–H groups in total. The van der Waals surface area contributed by atoms with Crippen molar-refractivity contribution in [2.45, 2.75) is 38.5 Å². The molecule has 1 aromatic rings. The number of hydrogen-bond donors (Lipinski definition) is 0. The fourth-order valence-electron chi connectivity index (χ4n) is 2.61. The average molecular weight is 259 g/mol. The Labute approximate surface area is 112 Å². The van der Waals surface area contributed by atoms with E-state index in [0.717, 1.165) is 56.0 Å². The Hall–Kier alpha value is -1.97. The van der Waals surface area contributed by atoms with Crippen LogP contribution in [-0.4, -0.2) is 11.2 Å². The van der Waals surface area contributed by atoms with Gasteiger partial charge in [-0.15, -0.1) is 0 Å². The normalized spacial score (nSPS) is 20.4. The van der Waals surface area contributed by atoms with E-state index in [1.165, 1.54) is 6.07 Å². The topological polar surface area (TPSA) is 60.2 Å². The highest BCUT2D eigenvalue weighted by molar-refractivity contribution is 5.90. The zero-order valence-electron chi connectivity index (χ0n) is 10.8. The van der Waals surface area contributed by atoms with Crippen LogP contribution in [0.1, 0.15) is 44.1 Å². The van der Waals surface area contributed by atoms with Crippen molar-refractivity contribution in [3.63, 3.8) is 0 Å². The van der Waals surface area contributed by atoms with Gasteiger partial charge in [-0.05, 0) is 42.9 Å². The summed E-state index contributed by atoms with van der Waals surface area (Å²) in [5.74, 6) is 0. The molecule has 4 nitrogen and oxygen atoms in total. The van der Waals surface area contributed by atoms with Crippen LogP contribution in [-0.2, 0) is 4.79 Å². The fraction of sp³-hybridized carbons (Fsp3) is 0.400. The van der Waals surface area contributed by atoms with E-state index >= 15 is 0 Å². The molecule has 0 unspecified atom stereocenters. The van der Waals surface area contributed by atoms with E-state index in [0.29, 0.717) is 5.56 Å². The third kappa shape index (κ3) is 3.08. The summed E-state index contributed by atoms with van der Waals surface area (Å²) in [6.45, 7) is 0. The zero-order chi connectivity index (χ0) is 13.7. The summed E-state index contributed by atoms with van der Waals surface area (Å²) in [5, 5.41) is 11.1. The second kappa shape index (κ2) is 6.27. The molecule has 0 saturated heterocycles. The van der Waals surface area contributed by atoms with Crippen LogP contribution in [0.5, 0.6) is 0 Å². The van der Waals surface area contributed by atoms with Crippen LogP contribution in [0.2, 0.25) is 0 Å². The Balaban J connectivity index is 2.52. The van der Waals surface area contributed by atoms with Crippen LogP contribution in [0.4, 0.5) is 5.69 Å². The fourth-order valence-corrected chi connectivity index (χ4v) is 2.61. The first kappa shape index (κ1) is 13.5. The second-order valence-corrected chi connectivity index (χ2v) is 4.81. The van der Waals surface area contributed by atoms with E-state index in [-0.39, 0.29) is 10.6 Å². The van der Waals surface area contributed by atoms with Crippen molar-refractivity contribution >= 4 is 17.5 Å². The maximum atomic E-state index is 11.3. The minimum absolute atomic E-state index is 0.0948. The van der Waals surface area contributed by atoms with Crippen molar-refractivity contribution in [3.05, 3.63) is 45.5 Å². The van der Waals surface area contributed by atoms with Crippen molar-refractivity contribution in [1.82, 2.24) is 0 Å². The highest BCUT2D eigenvalue weighted by Crippen LogP contribution is 2.34. The van der Waals surface area contributed by atoms with E-state index in [1.807, 2.05) is 0 Å². The molecule has 0 heterocycles. The molecule has 0 radical (unpaired) electrons. The van der Waals surface area contributed by atoms with E-state index < -0.39 is 0 Å². The molecule has 0 amide bonds. The van der Waals surface area contributed by atoms with E-state index in [4.69, 9.17) is 0 Å². The summed E-state index contributed by atoms with van der Waals surface area (Å²) in [6, 6.07) is 6.70. The first-order chi connectivity index (χ1) is 9.24. The van der Waals surface area contributed by atoms with Gasteiger partial charge in [0.05, 0.1) is 10.5 Å². The van der Waals surface area contributed by atoms with Crippen molar-refractivity contribution in [3.8, 4) is 0 Å². The van der Waals surface area contributed by atoms with Gasteiger partial charge in [-0.2, -0.15) is 0 Å². The molecule has 0 fully saturated rings. The Morgan fingerprint density at radius 3 is 2.42 bits per heavy atom. The predicted octanol–water partition coefficient (Wildman–Crippen LogP) is 3.90. The molecule has 0 aromatic heterocycles. The number of hydrogen-bond acceptors (Lipinski definition) is 3. The van der Waals surface area contributed by atoms with Gasteiger partial charge in [0.2, 0.25) is 0 Å². The number of benzene rings is 1. The summed E-state index contributed by atoms with van der Waals surface area (Å²) in [5.41, 5.74) is 2.30. The van der Waals surface area contributed by atoms with Crippen LogP contribution in [0.25, 0.3) is 5.57 Å². The third-order valence-corrected chi connectivity index (χ3v) is 3.58. The summed E-state index contributed by atoms with van der Waals surface area (Å²) < 4.78 is 0. The van der Waals surface area contributed by atoms with Gasteiger partial charge in [0, 0.05) is 6.07 Å². The number of allylic oxidation sites excluding steroid dienone is 2. The number of aldehydes is 1. The van der Waals surface area contributed by atoms with Crippen molar-refractivity contribution in [1.29, 1.82) is 0 Å². The SMILES string of the molecule is O=C/C1=C(\c2ccccc2[N+](=O)[O-])CCCCCC1. The van der Waals surface area contributed by atoms with Gasteiger partial charge in [-0.3, -0.25) is 14.9 Å². The van der Waals surface area contributed by atoms with E-state index in [9.17, 15) is 14.9 Å². The van der Waals surface area contributed by atoms with Crippen LogP contribution in [0.15, 0.2) is 29.8 Å². The van der Waals surface area contributed by atoms with Gasteiger partial charge in [0.25, 0.3) is 5.69 Å². The number of nitro groups is 1. The van der Waals surface area contributed by atoms with Crippen LogP contribution >= 0.6 is 0 Å². The number of nitro benzene ring substituents is 1. The molecule has 0 bridgehead atoms. The first-order valence-electron chi connectivity index (χ1n) is 6.65.